The van der Waals surface area contributed by atoms with Crippen LogP contribution in [0.5, 0.6) is 0 Å². The molecule has 6 heteroatoms. The van der Waals surface area contributed by atoms with Gasteiger partial charge in [0.25, 0.3) is 0 Å². The first kappa shape index (κ1) is 19.1. The van der Waals surface area contributed by atoms with E-state index < -0.39 is 17.3 Å². The Kier molecular flexibility index (Phi) is 4.96. The van der Waals surface area contributed by atoms with Gasteiger partial charge in [0.15, 0.2) is 5.70 Å². The fraction of sp³-hybridized carbons (Fsp3) is 0.409. The van der Waals surface area contributed by atoms with Crippen LogP contribution in [-0.2, 0) is 9.53 Å². The molecule has 1 aromatic carbocycles. The van der Waals surface area contributed by atoms with Gasteiger partial charge in [-0.15, -0.1) is 0 Å². The Morgan fingerprint density at radius 3 is 2.50 bits per heavy atom. The number of benzene rings is 1. The average Bonchev–Trinajstić information content (AvgIpc) is 3.01. The van der Waals surface area contributed by atoms with E-state index >= 15 is 0 Å². The van der Waals surface area contributed by atoms with Crippen LogP contribution in [0.3, 0.4) is 0 Å². The highest BCUT2D eigenvalue weighted by molar-refractivity contribution is 6.33. The highest BCUT2D eigenvalue weighted by Crippen LogP contribution is 2.53. The number of halogens is 2. The third kappa shape index (κ3) is 2.84. The van der Waals surface area contributed by atoms with Crippen molar-refractivity contribution in [3.63, 3.8) is 0 Å². The van der Waals surface area contributed by atoms with Crippen LogP contribution in [0.4, 0.5) is 10.1 Å². The highest BCUT2D eigenvalue weighted by atomic mass is 35.5. The number of esters is 1. The first-order chi connectivity index (χ1) is 13.5. The van der Waals surface area contributed by atoms with E-state index in [2.05, 4.69) is 4.90 Å². The number of rotatable bonds is 3. The van der Waals surface area contributed by atoms with Crippen molar-refractivity contribution in [2.75, 3.05) is 25.1 Å². The summed E-state index contributed by atoms with van der Waals surface area (Å²) in [5, 5.41) is 0.0918. The fourth-order valence-electron chi connectivity index (χ4n) is 4.57. The lowest BCUT2D eigenvalue weighted by molar-refractivity contribution is -0.136. The predicted octanol–water partition coefficient (Wildman–Crippen LogP) is 4.89. The van der Waals surface area contributed by atoms with Crippen molar-refractivity contribution in [2.45, 2.75) is 38.1 Å². The molecule has 2 heterocycles. The van der Waals surface area contributed by atoms with Crippen LogP contribution < -0.4 is 4.90 Å². The Bertz CT molecular complexity index is 887. The summed E-state index contributed by atoms with van der Waals surface area (Å²) >= 11 is 6.53. The van der Waals surface area contributed by atoms with E-state index in [1.54, 1.807) is 0 Å². The minimum Gasteiger partial charge on any atom is -0.464 e. The van der Waals surface area contributed by atoms with E-state index in [-0.39, 0.29) is 5.03 Å². The van der Waals surface area contributed by atoms with Gasteiger partial charge in [-0.1, -0.05) is 29.8 Å². The van der Waals surface area contributed by atoms with Crippen LogP contribution in [0.1, 0.15) is 32.6 Å². The molecule has 4 nitrogen and oxygen atoms in total. The predicted molar refractivity (Wildman–Crippen MR) is 108 cm³/mol. The molecule has 0 bridgehead atoms. The number of piperidine rings is 1. The summed E-state index contributed by atoms with van der Waals surface area (Å²) in [6.07, 6.45) is 5.14. The lowest BCUT2D eigenvalue weighted by Gasteiger charge is -2.40. The van der Waals surface area contributed by atoms with Gasteiger partial charge in [0.1, 0.15) is 5.83 Å². The topological polar surface area (TPSA) is 32.8 Å². The van der Waals surface area contributed by atoms with Crippen molar-refractivity contribution >= 4 is 23.3 Å². The van der Waals surface area contributed by atoms with Gasteiger partial charge in [-0.25, -0.2) is 9.18 Å². The monoisotopic (exact) mass is 402 g/mol. The van der Waals surface area contributed by atoms with Crippen molar-refractivity contribution in [2.24, 2.45) is 0 Å². The largest absolute Gasteiger partial charge is 0.464 e. The quantitative estimate of drug-likeness (QED) is 0.674. The number of methoxy groups -OCH3 is 1. The maximum absolute atomic E-state index is 14.6. The molecule has 2 aliphatic heterocycles. The Hall–Kier alpha value is -2.27. The summed E-state index contributed by atoms with van der Waals surface area (Å²) in [5.41, 5.74) is 2.03. The van der Waals surface area contributed by atoms with Crippen molar-refractivity contribution in [3.05, 3.63) is 64.2 Å². The van der Waals surface area contributed by atoms with Crippen LogP contribution in [0.2, 0.25) is 0 Å². The molecule has 1 saturated heterocycles. The molecule has 1 unspecified atom stereocenters. The van der Waals surface area contributed by atoms with Gasteiger partial charge in [-0.2, -0.15) is 0 Å². The van der Waals surface area contributed by atoms with Crippen LogP contribution >= 0.6 is 11.6 Å². The van der Waals surface area contributed by atoms with Gasteiger partial charge in [0.05, 0.1) is 23.4 Å². The number of hydrogen-bond acceptors (Lipinski definition) is 4. The van der Waals surface area contributed by atoms with Crippen LogP contribution in [0.25, 0.3) is 0 Å². The molecule has 4 rings (SSSR count). The molecule has 1 atom stereocenters. The maximum Gasteiger partial charge on any atom is 0.356 e. The lowest BCUT2D eigenvalue weighted by atomic mass is 9.83. The summed E-state index contributed by atoms with van der Waals surface area (Å²) in [6.45, 7) is 3.64. The zero-order valence-electron chi connectivity index (χ0n) is 16.2. The molecule has 1 aliphatic carbocycles. The number of ether oxygens (including phenoxy) is 1. The number of likely N-dealkylation sites (tertiary alicyclic amines) is 1. The number of allylic oxidation sites excluding steroid dienone is 2. The van der Waals surface area contributed by atoms with E-state index in [4.69, 9.17) is 16.3 Å². The minimum absolute atomic E-state index is 0.0918. The van der Waals surface area contributed by atoms with Crippen molar-refractivity contribution < 1.29 is 13.9 Å². The van der Waals surface area contributed by atoms with Gasteiger partial charge in [-0.05, 0) is 50.8 Å². The molecule has 0 radical (unpaired) electrons. The van der Waals surface area contributed by atoms with Gasteiger partial charge < -0.3 is 14.5 Å². The first-order valence-corrected chi connectivity index (χ1v) is 10.1. The van der Waals surface area contributed by atoms with Crippen molar-refractivity contribution in [1.29, 1.82) is 0 Å². The van der Waals surface area contributed by atoms with Gasteiger partial charge in [0.2, 0.25) is 0 Å². The zero-order valence-corrected chi connectivity index (χ0v) is 16.9. The number of nitrogens with zero attached hydrogens (tertiary/aromatic N) is 2. The van der Waals surface area contributed by atoms with Crippen LogP contribution in [0.15, 0.2) is 64.2 Å². The third-order valence-corrected chi connectivity index (χ3v) is 6.26. The van der Waals surface area contributed by atoms with Gasteiger partial charge >= 0.3 is 5.97 Å². The molecule has 1 fully saturated rings. The molecule has 0 amide bonds. The average molecular weight is 403 g/mol. The van der Waals surface area contributed by atoms with E-state index in [1.165, 1.54) is 13.2 Å². The number of anilines is 1. The summed E-state index contributed by atoms with van der Waals surface area (Å²) in [7, 11) is 1.38. The summed E-state index contributed by atoms with van der Waals surface area (Å²) in [6, 6.07) is 9.69. The second kappa shape index (κ2) is 7.28. The van der Waals surface area contributed by atoms with Crippen molar-refractivity contribution in [3.8, 4) is 0 Å². The van der Waals surface area contributed by atoms with Crippen LogP contribution in [-0.4, -0.2) is 36.6 Å². The minimum atomic E-state index is -0.662. The second-order valence-electron chi connectivity index (χ2n) is 7.63. The molecular formula is C22H24ClFN2O2. The molecule has 148 valence electrons. The van der Waals surface area contributed by atoms with Gasteiger partial charge in [-0.3, -0.25) is 0 Å². The standard InChI is InChI=1S/C22H24ClFN2O2/c1-22-12-11-16(24)18(23)17(22)19(25-13-7-4-8-14-25)20(21(27)28-2)26(22)15-9-5-3-6-10-15/h3,5-6,9-11H,4,7-8,12-14H2,1-2H3. The Balaban J connectivity index is 2.00. The van der Waals surface area contributed by atoms with Crippen molar-refractivity contribution in [1.82, 2.24) is 4.90 Å². The molecular weight excluding hydrogens is 379 g/mol. The molecule has 0 saturated carbocycles. The van der Waals surface area contributed by atoms with E-state index in [0.29, 0.717) is 23.4 Å². The highest BCUT2D eigenvalue weighted by Gasteiger charge is 2.53. The molecule has 1 aromatic rings. The number of hydrogen-bond donors (Lipinski definition) is 0. The first-order valence-electron chi connectivity index (χ1n) is 9.68. The van der Waals surface area contributed by atoms with E-state index in [0.717, 1.165) is 38.0 Å². The molecule has 0 spiro atoms. The smallest absolute Gasteiger partial charge is 0.356 e. The Morgan fingerprint density at radius 2 is 1.86 bits per heavy atom. The molecule has 0 aromatic heterocycles. The van der Waals surface area contributed by atoms with Gasteiger partial charge in [0, 0.05) is 24.4 Å². The molecule has 3 aliphatic rings. The summed E-state index contributed by atoms with van der Waals surface area (Å²) < 4.78 is 19.7. The Morgan fingerprint density at radius 1 is 1.18 bits per heavy atom. The van der Waals surface area contributed by atoms with E-state index in [1.807, 2.05) is 42.2 Å². The second-order valence-corrected chi connectivity index (χ2v) is 8.00. The van der Waals surface area contributed by atoms with E-state index in [9.17, 15) is 9.18 Å². The SMILES string of the molecule is COC(=O)C1=C(N2CCCCC2)C2=C(Cl)C(F)=CCC2(C)N1c1ccccc1. The zero-order chi connectivity index (χ0) is 19.9. The Labute approximate surface area is 169 Å². The van der Waals surface area contributed by atoms with Crippen LogP contribution in [0, 0.1) is 0 Å². The summed E-state index contributed by atoms with van der Waals surface area (Å²) in [5.74, 6) is -0.861. The lowest BCUT2D eigenvalue weighted by Crippen LogP contribution is -2.45. The number of para-hydroxylation sites is 1. The molecule has 0 N–H and O–H groups in total. The maximum atomic E-state index is 14.6. The fourth-order valence-corrected chi connectivity index (χ4v) is 4.94. The normalized spacial score (nSPS) is 25.1. The molecule has 28 heavy (non-hydrogen) atoms. The third-order valence-electron chi connectivity index (χ3n) is 5.89. The number of fused-ring (bicyclic) bond motifs is 1. The summed E-state index contributed by atoms with van der Waals surface area (Å²) in [4.78, 5) is 17.1. The number of carbonyl (C=O) groups excluding carboxylic acids is 1. The number of carbonyl (C=O) groups is 1.